The highest BCUT2D eigenvalue weighted by molar-refractivity contribution is 14.1. The van der Waals surface area contributed by atoms with Gasteiger partial charge in [-0.3, -0.25) is 0 Å². The maximum absolute atomic E-state index is 3.82. The van der Waals surface area contributed by atoms with Crippen LogP contribution >= 0.6 is 22.6 Å². The van der Waals surface area contributed by atoms with Crippen LogP contribution in [0.4, 0.5) is 5.69 Å². The maximum Gasteiger partial charge on any atom is 0.0377 e. The number of halogens is 1. The standard InChI is InChI=1S/C17H25IN2/c18-15-8-4-9-16(12-15)20-11-5-10-19-17(13-20)14-6-2-1-3-7-14/h4,8-9,12,14,17,19H,1-3,5-7,10-11,13H2. The van der Waals surface area contributed by atoms with E-state index in [1.54, 1.807) is 0 Å². The molecular weight excluding hydrogens is 359 g/mol. The third-order valence-corrected chi connectivity index (χ3v) is 5.49. The van der Waals surface area contributed by atoms with Gasteiger partial charge in [0.2, 0.25) is 0 Å². The fraction of sp³-hybridized carbons (Fsp3) is 0.647. The molecular formula is C17H25IN2. The first-order valence-electron chi connectivity index (χ1n) is 8.07. The fourth-order valence-corrected chi connectivity index (χ4v) is 4.24. The number of benzene rings is 1. The van der Waals surface area contributed by atoms with Gasteiger partial charge in [-0.25, -0.2) is 0 Å². The Balaban J connectivity index is 1.71. The Morgan fingerprint density at radius 3 is 2.75 bits per heavy atom. The molecule has 0 amide bonds. The monoisotopic (exact) mass is 384 g/mol. The van der Waals surface area contributed by atoms with E-state index in [-0.39, 0.29) is 0 Å². The zero-order chi connectivity index (χ0) is 13.8. The van der Waals surface area contributed by atoms with Crippen molar-refractivity contribution in [2.24, 2.45) is 5.92 Å². The quantitative estimate of drug-likeness (QED) is 0.775. The van der Waals surface area contributed by atoms with E-state index in [0.717, 1.165) is 5.92 Å². The summed E-state index contributed by atoms with van der Waals surface area (Å²) in [5.41, 5.74) is 1.40. The predicted molar refractivity (Wildman–Crippen MR) is 94.4 cm³/mol. The zero-order valence-corrected chi connectivity index (χ0v) is 14.3. The second kappa shape index (κ2) is 7.12. The van der Waals surface area contributed by atoms with Gasteiger partial charge in [-0.2, -0.15) is 0 Å². The molecule has 3 rings (SSSR count). The Morgan fingerprint density at radius 2 is 1.95 bits per heavy atom. The highest BCUT2D eigenvalue weighted by atomic mass is 127. The molecule has 2 fully saturated rings. The first kappa shape index (κ1) is 14.6. The Morgan fingerprint density at radius 1 is 1.10 bits per heavy atom. The van der Waals surface area contributed by atoms with Crippen LogP contribution < -0.4 is 10.2 Å². The molecule has 2 nitrogen and oxygen atoms in total. The molecule has 3 heteroatoms. The van der Waals surface area contributed by atoms with Crippen LogP contribution in [0.2, 0.25) is 0 Å². The largest absolute Gasteiger partial charge is 0.370 e. The maximum atomic E-state index is 3.82. The van der Waals surface area contributed by atoms with Gasteiger partial charge in [0.25, 0.3) is 0 Å². The summed E-state index contributed by atoms with van der Waals surface area (Å²) in [7, 11) is 0. The number of hydrogen-bond donors (Lipinski definition) is 1. The molecule has 0 aromatic heterocycles. The first-order valence-corrected chi connectivity index (χ1v) is 9.15. The number of nitrogens with zero attached hydrogens (tertiary/aromatic N) is 1. The topological polar surface area (TPSA) is 15.3 Å². The van der Waals surface area contributed by atoms with Crippen molar-refractivity contribution in [2.75, 3.05) is 24.5 Å². The molecule has 2 aliphatic rings. The smallest absolute Gasteiger partial charge is 0.0377 e. The van der Waals surface area contributed by atoms with E-state index in [2.05, 4.69) is 57.1 Å². The summed E-state index contributed by atoms with van der Waals surface area (Å²) in [6, 6.07) is 9.65. The molecule has 1 N–H and O–H groups in total. The van der Waals surface area contributed by atoms with Crippen LogP contribution in [0.25, 0.3) is 0 Å². The van der Waals surface area contributed by atoms with E-state index in [1.807, 2.05) is 0 Å². The van der Waals surface area contributed by atoms with Crippen LogP contribution in [-0.4, -0.2) is 25.7 Å². The highest BCUT2D eigenvalue weighted by Crippen LogP contribution is 2.29. The lowest BCUT2D eigenvalue weighted by atomic mass is 9.83. The van der Waals surface area contributed by atoms with E-state index in [9.17, 15) is 0 Å². The number of anilines is 1. The van der Waals surface area contributed by atoms with E-state index >= 15 is 0 Å². The fourth-order valence-electron chi connectivity index (χ4n) is 3.71. The third kappa shape index (κ3) is 3.67. The van der Waals surface area contributed by atoms with Crippen LogP contribution in [0.3, 0.4) is 0 Å². The molecule has 1 aliphatic heterocycles. The molecule has 1 saturated heterocycles. The van der Waals surface area contributed by atoms with E-state index in [4.69, 9.17) is 0 Å². The zero-order valence-electron chi connectivity index (χ0n) is 12.2. The van der Waals surface area contributed by atoms with Crippen molar-refractivity contribution in [3.8, 4) is 0 Å². The van der Waals surface area contributed by atoms with E-state index < -0.39 is 0 Å². The molecule has 20 heavy (non-hydrogen) atoms. The second-order valence-electron chi connectivity index (χ2n) is 6.24. The lowest BCUT2D eigenvalue weighted by molar-refractivity contribution is 0.277. The molecule has 110 valence electrons. The Labute approximate surface area is 136 Å². The molecule has 1 atom stereocenters. The Hall–Kier alpha value is -0.290. The van der Waals surface area contributed by atoms with Crippen LogP contribution in [0.1, 0.15) is 38.5 Å². The van der Waals surface area contributed by atoms with Crippen molar-refractivity contribution in [3.05, 3.63) is 27.8 Å². The number of nitrogens with one attached hydrogen (secondary N) is 1. The lowest BCUT2D eigenvalue weighted by Crippen LogP contribution is -2.43. The van der Waals surface area contributed by atoms with Gasteiger partial charge in [0.1, 0.15) is 0 Å². The van der Waals surface area contributed by atoms with Crippen LogP contribution in [0.5, 0.6) is 0 Å². The van der Waals surface area contributed by atoms with Crippen molar-refractivity contribution in [3.63, 3.8) is 0 Å². The minimum atomic E-state index is 0.690. The second-order valence-corrected chi connectivity index (χ2v) is 7.48. The van der Waals surface area contributed by atoms with Crippen molar-refractivity contribution in [1.29, 1.82) is 0 Å². The summed E-state index contributed by atoms with van der Waals surface area (Å²) in [5, 5.41) is 3.82. The van der Waals surface area contributed by atoms with Crippen molar-refractivity contribution in [2.45, 2.75) is 44.6 Å². The van der Waals surface area contributed by atoms with Gasteiger partial charge in [0.05, 0.1) is 0 Å². The first-order chi connectivity index (χ1) is 9.83. The highest BCUT2D eigenvalue weighted by Gasteiger charge is 2.26. The summed E-state index contributed by atoms with van der Waals surface area (Å²) in [6.45, 7) is 3.56. The van der Waals surface area contributed by atoms with Gasteiger partial charge in [0, 0.05) is 28.4 Å². The normalized spacial score (nSPS) is 25.4. The molecule has 1 saturated carbocycles. The summed E-state index contributed by atoms with van der Waals surface area (Å²) in [4.78, 5) is 2.60. The molecule has 1 aromatic carbocycles. The van der Waals surface area contributed by atoms with Crippen LogP contribution in [0.15, 0.2) is 24.3 Å². The lowest BCUT2D eigenvalue weighted by Gasteiger charge is -2.33. The van der Waals surface area contributed by atoms with Gasteiger partial charge >= 0.3 is 0 Å². The molecule has 1 heterocycles. The Bertz CT molecular complexity index is 429. The molecule has 0 spiro atoms. The van der Waals surface area contributed by atoms with Gasteiger partial charge in [-0.05, 0) is 72.5 Å². The van der Waals surface area contributed by atoms with Gasteiger partial charge < -0.3 is 10.2 Å². The average molecular weight is 384 g/mol. The summed E-state index contributed by atoms with van der Waals surface area (Å²) >= 11 is 2.42. The molecule has 0 radical (unpaired) electrons. The summed E-state index contributed by atoms with van der Waals surface area (Å²) in [5.74, 6) is 0.895. The predicted octanol–water partition coefficient (Wildman–Crippen LogP) is 4.04. The SMILES string of the molecule is Ic1cccc(N2CCCNC(C3CCCCC3)C2)c1. The van der Waals surface area contributed by atoms with Gasteiger partial charge in [-0.15, -0.1) is 0 Å². The van der Waals surface area contributed by atoms with Crippen molar-refractivity contribution >= 4 is 28.3 Å². The molecule has 1 aromatic rings. The minimum Gasteiger partial charge on any atom is -0.370 e. The number of rotatable bonds is 2. The average Bonchev–Trinajstić information content (AvgIpc) is 2.74. The molecule has 0 bridgehead atoms. The van der Waals surface area contributed by atoms with Gasteiger partial charge in [-0.1, -0.05) is 25.3 Å². The van der Waals surface area contributed by atoms with Crippen molar-refractivity contribution in [1.82, 2.24) is 5.32 Å². The third-order valence-electron chi connectivity index (χ3n) is 4.82. The van der Waals surface area contributed by atoms with Crippen LogP contribution in [0, 0.1) is 9.49 Å². The van der Waals surface area contributed by atoms with Crippen molar-refractivity contribution < 1.29 is 0 Å². The molecule has 1 unspecified atom stereocenters. The molecule has 1 aliphatic carbocycles. The van der Waals surface area contributed by atoms with E-state index in [0.29, 0.717) is 6.04 Å². The van der Waals surface area contributed by atoms with E-state index in [1.165, 1.54) is 67.4 Å². The summed E-state index contributed by atoms with van der Waals surface area (Å²) < 4.78 is 1.34. The minimum absolute atomic E-state index is 0.690. The summed E-state index contributed by atoms with van der Waals surface area (Å²) in [6.07, 6.45) is 8.44. The van der Waals surface area contributed by atoms with Crippen LogP contribution in [-0.2, 0) is 0 Å². The number of hydrogen-bond acceptors (Lipinski definition) is 2. The Kier molecular flexibility index (Phi) is 5.21. The van der Waals surface area contributed by atoms with Gasteiger partial charge in [0.15, 0.2) is 0 Å².